The predicted octanol–water partition coefficient (Wildman–Crippen LogP) is 3.63. The molecule has 0 saturated heterocycles. The standard InChI is InChI=1S/C16H23NO3/c1-12-11-14(18)9-8-13(12)7-5-6-10-17-15(19)20-16(2,3)4/h5,7-9,11,18H,6,10H2,1-4H3,(H,17,19). The van der Waals surface area contributed by atoms with Crippen LogP contribution in [0.1, 0.15) is 38.3 Å². The van der Waals surface area contributed by atoms with Gasteiger partial charge in [-0.15, -0.1) is 0 Å². The highest BCUT2D eigenvalue weighted by Gasteiger charge is 2.15. The van der Waals surface area contributed by atoms with Gasteiger partial charge in [0.1, 0.15) is 11.4 Å². The van der Waals surface area contributed by atoms with Crippen molar-refractivity contribution in [3.8, 4) is 5.75 Å². The van der Waals surface area contributed by atoms with Gasteiger partial charge in [0, 0.05) is 6.54 Å². The molecule has 4 nitrogen and oxygen atoms in total. The molecule has 0 unspecified atom stereocenters. The van der Waals surface area contributed by atoms with Gasteiger partial charge in [0.25, 0.3) is 0 Å². The number of phenols is 1. The van der Waals surface area contributed by atoms with Gasteiger partial charge in [0.2, 0.25) is 0 Å². The van der Waals surface area contributed by atoms with Crippen LogP contribution in [0.25, 0.3) is 6.08 Å². The van der Waals surface area contributed by atoms with Crippen LogP contribution in [-0.4, -0.2) is 23.3 Å². The summed E-state index contributed by atoms with van der Waals surface area (Å²) in [7, 11) is 0. The third kappa shape index (κ3) is 6.27. The zero-order valence-corrected chi connectivity index (χ0v) is 12.6. The zero-order chi connectivity index (χ0) is 15.2. The summed E-state index contributed by atoms with van der Waals surface area (Å²) in [6.45, 7) is 7.97. The van der Waals surface area contributed by atoms with Crippen LogP contribution in [0.5, 0.6) is 5.75 Å². The predicted molar refractivity (Wildman–Crippen MR) is 80.7 cm³/mol. The second kappa shape index (κ2) is 6.98. The number of phenolic OH excluding ortho intramolecular Hbond substituents is 1. The van der Waals surface area contributed by atoms with Crippen molar-refractivity contribution in [1.29, 1.82) is 0 Å². The van der Waals surface area contributed by atoms with Gasteiger partial charge in [-0.05, 0) is 57.4 Å². The number of aromatic hydroxyl groups is 1. The lowest BCUT2D eigenvalue weighted by molar-refractivity contribution is 0.0529. The van der Waals surface area contributed by atoms with Gasteiger partial charge in [-0.1, -0.05) is 18.2 Å². The third-order valence-electron chi connectivity index (χ3n) is 2.53. The first-order valence-electron chi connectivity index (χ1n) is 6.71. The molecule has 0 aliphatic heterocycles. The first-order valence-corrected chi connectivity index (χ1v) is 6.71. The minimum atomic E-state index is -0.469. The SMILES string of the molecule is Cc1cc(O)ccc1C=CCCNC(=O)OC(C)(C)C. The maximum Gasteiger partial charge on any atom is 0.407 e. The van der Waals surface area contributed by atoms with E-state index in [2.05, 4.69) is 5.32 Å². The molecular formula is C16H23NO3. The van der Waals surface area contributed by atoms with Crippen LogP contribution in [0.3, 0.4) is 0 Å². The van der Waals surface area contributed by atoms with Crippen molar-refractivity contribution in [2.75, 3.05) is 6.54 Å². The Hall–Kier alpha value is -1.97. The van der Waals surface area contributed by atoms with E-state index in [4.69, 9.17) is 4.74 Å². The van der Waals surface area contributed by atoms with Crippen LogP contribution in [0.15, 0.2) is 24.3 Å². The Morgan fingerprint density at radius 3 is 2.70 bits per heavy atom. The Morgan fingerprint density at radius 1 is 1.40 bits per heavy atom. The van der Waals surface area contributed by atoms with Crippen molar-refractivity contribution in [2.24, 2.45) is 0 Å². The fraction of sp³-hybridized carbons (Fsp3) is 0.438. The first kappa shape index (κ1) is 16.1. The molecule has 2 N–H and O–H groups in total. The summed E-state index contributed by atoms with van der Waals surface area (Å²) < 4.78 is 5.13. The number of hydrogen-bond acceptors (Lipinski definition) is 3. The topological polar surface area (TPSA) is 58.6 Å². The minimum absolute atomic E-state index is 0.270. The van der Waals surface area contributed by atoms with Crippen molar-refractivity contribution < 1.29 is 14.6 Å². The quantitative estimate of drug-likeness (QED) is 0.826. The molecule has 0 aromatic heterocycles. The number of benzene rings is 1. The molecular weight excluding hydrogens is 254 g/mol. The molecule has 0 bridgehead atoms. The largest absolute Gasteiger partial charge is 0.508 e. The fourth-order valence-electron chi connectivity index (χ4n) is 1.63. The molecule has 0 spiro atoms. The van der Waals surface area contributed by atoms with E-state index in [1.807, 2.05) is 45.9 Å². The smallest absolute Gasteiger partial charge is 0.407 e. The molecule has 1 rings (SSSR count). The number of nitrogens with one attached hydrogen (secondary N) is 1. The number of amides is 1. The van der Waals surface area contributed by atoms with Gasteiger partial charge >= 0.3 is 6.09 Å². The molecule has 1 aromatic rings. The summed E-state index contributed by atoms with van der Waals surface area (Å²) in [5.74, 6) is 0.270. The Kier molecular flexibility index (Phi) is 5.62. The molecule has 0 heterocycles. The Balaban J connectivity index is 2.34. The Morgan fingerprint density at radius 2 is 2.10 bits per heavy atom. The lowest BCUT2D eigenvalue weighted by atomic mass is 10.1. The molecule has 1 amide bonds. The lowest BCUT2D eigenvalue weighted by Crippen LogP contribution is -2.32. The fourth-order valence-corrected chi connectivity index (χ4v) is 1.63. The molecule has 0 aliphatic carbocycles. The zero-order valence-electron chi connectivity index (χ0n) is 12.6. The van der Waals surface area contributed by atoms with Crippen LogP contribution >= 0.6 is 0 Å². The summed E-state index contributed by atoms with van der Waals surface area (Å²) in [6, 6.07) is 5.24. The number of carbonyl (C=O) groups excluding carboxylic acids is 1. The molecule has 0 saturated carbocycles. The highest BCUT2D eigenvalue weighted by Crippen LogP contribution is 2.16. The van der Waals surface area contributed by atoms with E-state index in [1.165, 1.54) is 0 Å². The van der Waals surface area contributed by atoms with Crippen molar-refractivity contribution >= 4 is 12.2 Å². The van der Waals surface area contributed by atoms with Crippen molar-refractivity contribution in [2.45, 2.75) is 39.7 Å². The van der Waals surface area contributed by atoms with Crippen LogP contribution in [0.4, 0.5) is 4.79 Å². The minimum Gasteiger partial charge on any atom is -0.508 e. The second-order valence-electron chi connectivity index (χ2n) is 5.66. The number of ether oxygens (including phenoxy) is 1. The molecule has 0 atom stereocenters. The normalized spacial score (nSPS) is 11.6. The van der Waals surface area contributed by atoms with E-state index in [9.17, 15) is 9.90 Å². The average molecular weight is 277 g/mol. The van der Waals surface area contributed by atoms with Gasteiger partial charge in [0.05, 0.1) is 0 Å². The number of carbonyl (C=O) groups is 1. The second-order valence-corrected chi connectivity index (χ2v) is 5.66. The van der Waals surface area contributed by atoms with Crippen LogP contribution in [-0.2, 0) is 4.74 Å². The molecule has 0 radical (unpaired) electrons. The van der Waals surface area contributed by atoms with E-state index < -0.39 is 11.7 Å². The van der Waals surface area contributed by atoms with E-state index in [0.717, 1.165) is 17.5 Å². The summed E-state index contributed by atoms with van der Waals surface area (Å²) in [4.78, 5) is 11.4. The van der Waals surface area contributed by atoms with Crippen LogP contribution in [0.2, 0.25) is 0 Å². The number of hydrogen-bond donors (Lipinski definition) is 2. The van der Waals surface area contributed by atoms with Gasteiger partial charge < -0.3 is 15.2 Å². The number of aryl methyl sites for hydroxylation is 1. The number of rotatable bonds is 4. The molecule has 0 fully saturated rings. The first-order chi connectivity index (χ1) is 9.28. The molecule has 110 valence electrons. The highest BCUT2D eigenvalue weighted by atomic mass is 16.6. The van der Waals surface area contributed by atoms with Crippen LogP contribution < -0.4 is 5.32 Å². The van der Waals surface area contributed by atoms with E-state index in [-0.39, 0.29) is 5.75 Å². The molecule has 0 aliphatic rings. The van der Waals surface area contributed by atoms with Gasteiger partial charge in [-0.25, -0.2) is 4.79 Å². The van der Waals surface area contributed by atoms with E-state index in [1.54, 1.807) is 12.1 Å². The monoisotopic (exact) mass is 277 g/mol. The van der Waals surface area contributed by atoms with E-state index >= 15 is 0 Å². The number of alkyl carbamates (subject to hydrolysis) is 1. The van der Waals surface area contributed by atoms with Gasteiger partial charge in [-0.3, -0.25) is 0 Å². The van der Waals surface area contributed by atoms with Crippen molar-refractivity contribution in [1.82, 2.24) is 5.32 Å². The van der Waals surface area contributed by atoms with Gasteiger partial charge in [0.15, 0.2) is 0 Å². The van der Waals surface area contributed by atoms with Crippen molar-refractivity contribution in [3.63, 3.8) is 0 Å². The Bertz CT molecular complexity index is 487. The summed E-state index contributed by atoms with van der Waals surface area (Å²) in [5.41, 5.74) is 1.60. The molecule has 1 aromatic carbocycles. The summed E-state index contributed by atoms with van der Waals surface area (Å²) in [6.07, 6.45) is 4.29. The van der Waals surface area contributed by atoms with Crippen molar-refractivity contribution in [3.05, 3.63) is 35.4 Å². The maximum absolute atomic E-state index is 11.4. The molecule has 4 heteroatoms. The third-order valence-corrected chi connectivity index (χ3v) is 2.53. The Labute approximate surface area is 120 Å². The summed E-state index contributed by atoms with van der Waals surface area (Å²) in [5, 5.41) is 12.0. The molecule has 20 heavy (non-hydrogen) atoms. The highest BCUT2D eigenvalue weighted by molar-refractivity contribution is 5.67. The maximum atomic E-state index is 11.4. The van der Waals surface area contributed by atoms with Gasteiger partial charge in [-0.2, -0.15) is 0 Å². The lowest BCUT2D eigenvalue weighted by Gasteiger charge is -2.19. The average Bonchev–Trinajstić information content (AvgIpc) is 2.28. The van der Waals surface area contributed by atoms with E-state index in [0.29, 0.717) is 6.54 Å². The summed E-state index contributed by atoms with van der Waals surface area (Å²) >= 11 is 0. The van der Waals surface area contributed by atoms with Crippen LogP contribution in [0, 0.1) is 6.92 Å².